The van der Waals surface area contributed by atoms with E-state index in [4.69, 9.17) is 23.2 Å². The van der Waals surface area contributed by atoms with Crippen molar-refractivity contribution in [3.63, 3.8) is 0 Å². The molecule has 1 atom stereocenters. The van der Waals surface area contributed by atoms with Crippen LogP contribution in [0.3, 0.4) is 0 Å². The smallest absolute Gasteiger partial charge is 0.257 e. The Labute approximate surface area is 132 Å². The maximum Gasteiger partial charge on any atom is 0.257 e. The Bertz CT molecular complexity index is 653. The van der Waals surface area contributed by atoms with Gasteiger partial charge in [-0.2, -0.15) is 0 Å². The quantitative estimate of drug-likeness (QED) is 0.873. The topological polar surface area (TPSA) is 92.3 Å². The van der Waals surface area contributed by atoms with E-state index in [1.807, 2.05) is 0 Å². The molecule has 0 aliphatic carbocycles. The zero-order valence-corrected chi connectivity index (χ0v) is 13.5. The molecule has 1 unspecified atom stereocenters. The summed E-state index contributed by atoms with van der Waals surface area (Å²) in [5.41, 5.74) is 0.164. The monoisotopic (exact) mass is 352 g/mol. The van der Waals surface area contributed by atoms with Gasteiger partial charge in [0, 0.05) is 19.1 Å². The molecular weight excluding hydrogens is 339 g/mol. The summed E-state index contributed by atoms with van der Waals surface area (Å²) in [4.78, 5) is 14.0. The molecule has 1 fully saturated rings. The number of carbonyl (C=O) groups excluding carboxylic acids is 1. The lowest BCUT2D eigenvalue weighted by molar-refractivity contribution is 0.0702. The summed E-state index contributed by atoms with van der Waals surface area (Å²) in [6.07, 6.45) is 2.47. The lowest BCUT2D eigenvalue weighted by Gasteiger charge is -2.32. The molecule has 1 saturated heterocycles. The first-order chi connectivity index (χ1) is 9.76. The van der Waals surface area contributed by atoms with Crippen LogP contribution >= 0.6 is 23.2 Å². The Balaban J connectivity index is 2.14. The van der Waals surface area contributed by atoms with Crippen molar-refractivity contribution in [3.05, 3.63) is 21.9 Å². The van der Waals surface area contributed by atoms with Gasteiger partial charge in [0.15, 0.2) is 10.3 Å². The van der Waals surface area contributed by atoms with Crippen molar-refractivity contribution in [3.8, 4) is 0 Å². The molecule has 1 aliphatic rings. The summed E-state index contributed by atoms with van der Waals surface area (Å²) in [5, 5.41) is 7.20. The van der Waals surface area contributed by atoms with E-state index in [1.165, 1.54) is 11.0 Å². The Morgan fingerprint density at radius 2 is 2.14 bits per heavy atom. The molecule has 1 amide bonds. The van der Waals surface area contributed by atoms with E-state index in [2.05, 4.69) is 14.9 Å². The van der Waals surface area contributed by atoms with E-state index in [0.29, 0.717) is 19.4 Å². The zero-order chi connectivity index (χ0) is 15.6. The molecule has 0 radical (unpaired) electrons. The first-order valence-electron chi connectivity index (χ1n) is 6.21. The minimum atomic E-state index is -3.31. The van der Waals surface area contributed by atoms with Crippen LogP contribution in [0, 0.1) is 0 Å². The van der Waals surface area contributed by atoms with Gasteiger partial charge < -0.3 is 4.90 Å². The van der Waals surface area contributed by atoms with Crippen LogP contribution in [0.15, 0.2) is 6.07 Å². The largest absolute Gasteiger partial charge is 0.337 e. The van der Waals surface area contributed by atoms with Crippen molar-refractivity contribution >= 4 is 39.1 Å². The number of aromatic nitrogens is 2. The third kappa shape index (κ3) is 4.50. The van der Waals surface area contributed by atoms with Gasteiger partial charge in [-0.1, -0.05) is 23.2 Å². The van der Waals surface area contributed by atoms with Gasteiger partial charge in [-0.3, -0.25) is 4.79 Å². The molecule has 1 aromatic heterocycles. The van der Waals surface area contributed by atoms with Gasteiger partial charge in [0.25, 0.3) is 5.91 Å². The number of sulfonamides is 1. The first-order valence-corrected chi connectivity index (χ1v) is 8.86. The van der Waals surface area contributed by atoms with Crippen molar-refractivity contribution < 1.29 is 13.2 Å². The standard InChI is InChI=1S/C11H14Cl2N4O3S/c1-21(19,20)16-7-3-2-4-17(6-7)11(18)8-5-9(12)14-15-10(8)13/h5,7,16H,2-4,6H2,1H3. The number of amides is 1. The van der Waals surface area contributed by atoms with E-state index in [1.54, 1.807) is 0 Å². The first kappa shape index (κ1) is 16.4. The highest BCUT2D eigenvalue weighted by Crippen LogP contribution is 2.20. The van der Waals surface area contributed by atoms with Gasteiger partial charge in [-0.05, 0) is 18.9 Å². The van der Waals surface area contributed by atoms with Gasteiger partial charge in [-0.15, -0.1) is 10.2 Å². The van der Waals surface area contributed by atoms with Crippen molar-refractivity contribution in [2.75, 3.05) is 19.3 Å². The lowest BCUT2D eigenvalue weighted by atomic mass is 10.1. The van der Waals surface area contributed by atoms with Crippen LogP contribution in [0.2, 0.25) is 10.3 Å². The number of hydrogen-bond acceptors (Lipinski definition) is 5. The second-order valence-electron chi connectivity index (χ2n) is 4.85. The molecular formula is C11H14Cl2N4O3S. The van der Waals surface area contributed by atoms with Crippen LogP contribution < -0.4 is 4.72 Å². The molecule has 0 bridgehead atoms. The molecule has 116 valence electrons. The van der Waals surface area contributed by atoms with Crippen LogP contribution in [-0.2, 0) is 10.0 Å². The molecule has 21 heavy (non-hydrogen) atoms. The lowest BCUT2D eigenvalue weighted by Crippen LogP contribution is -2.49. The molecule has 0 aromatic carbocycles. The summed E-state index contributed by atoms with van der Waals surface area (Å²) in [6, 6.07) is 1.05. The van der Waals surface area contributed by atoms with E-state index in [-0.39, 0.29) is 34.4 Å². The van der Waals surface area contributed by atoms with Crippen molar-refractivity contribution in [1.29, 1.82) is 0 Å². The number of nitrogens with one attached hydrogen (secondary N) is 1. The molecule has 2 rings (SSSR count). The molecule has 10 heteroatoms. The van der Waals surface area contributed by atoms with Crippen molar-refractivity contribution in [2.24, 2.45) is 0 Å². The van der Waals surface area contributed by atoms with Crippen molar-refractivity contribution in [1.82, 2.24) is 19.8 Å². The number of nitrogens with zero attached hydrogens (tertiary/aromatic N) is 3. The maximum atomic E-state index is 12.4. The molecule has 7 nitrogen and oxygen atoms in total. The fraction of sp³-hybridized carbons (Fsp3) is 0.545. The molecule has 1 aliphatic heterocycles. The Morgan fingerprint density at radius 1 is 1.43 bits per heavy atom. The highest BCUT2D eigenvalue weighted by Gasteiger charge is 2.27. The number of likely N-dealkylation sites (tertiary alicyclic amines) is 1. The third-order valence-corrected chi connectivity index (χ3v) is 4.26. The fourth-order valence-electron chi connectivity index (χ4n) is 2.23. The number of carbonyl (C=O) groups is 1. The highest BCUT2D eigenvalue weighted by molar-refractivity contribution is 7.88. The van der Waals surface area contributed by atoms with Crippen LogP contribution in [0.4, 0.5) is 0 Å². The van der Waals surface area contributed by atoms with Gasteiger partial charge in [0.05, 0.1) is 11.8 Å². The molecule has 1 aromatic rings. The van der Waals surface area contributed by atoms with Crippen LogP contribution in [0.1, 0.15) is 23.2 Å². The summed E-state index contributed by atoms with van der Waals surface area (Å²) in [7, 11) is -3.31. The van der Waals surface area contributed by atoms with Gasteiger partial charge in [0.1, 0.15) is 0 Å². The van der Waals surface area contributed by atoms with Gasteiger partial charge >= 0.3 is 0 Å². The fourth-order valence-corrected chi connectivity index (χ4v) is 3.35. The molecule has 0 saturated carbocycles. The molecule has 1 N–H and O–H groups in total. The summed E-state index contributed by atoms with van der Waals surface area (Å²) < 4.78 is 25.1. The zero-order valence-electron chi connectivity index (χ0n) is 11.2. The van der Waals surface area contributed by atoms with E-state index in [0.717, 1.165) is 6.26 Å². The predicted molar refractivity (Wildman–Crippen MR) is 79.0 cm³/mol. The van der Waals surface area contributed by atoms with Crippen LogP contribution in [-0.4, -0.2) is 54.8 Å². The highest BCUT2D eigenvalue weighted by atomic mass is 35.5. The Hall–Kier alpha value is -0.960. The number of halogens is 2. The maximum absolute atomic E-state index is 12.4. The summed E-state index contributed by atoms with van der Waals surface area (Å²) in [6.45, 7) is 0.805. The third-order valence-electron chi connectivity index (χ3n) is 3.04. The second kappa shape index (κ2) is 6.43. The molecule has 2 heterocycles. The van der Waals surface area contributed by atoms with E-state index < -0.39 is 10.0 Å². The Morgan fingerprint density at radius 3 is 2.81 bits per heavy atom. The number of piperidine rings is 1. The Kier molecular flexibility index (Phi) is 5.03. The number of hydrogen-bond donors (Lipinski definition) is 1. The second-order valence-corrected chi connectivity index (χ2v) is 7.38. The summed E-state index contributed by atoms with van der Waals surface area (Å²) in [5.74, 6) is -0.336. The van der Waals surface area contributed by atoms with E-state index in [9.17, 15) is 13.2 Å². The molecule has 0 spiro atoms. The van der Waals surface area contributed by atoms with E-state index >= 15 is 0 Å². The van der Waals surface area contributed by atoms with Crippen molar-refractivity contribution in [2.45, 2.75) is 18.9 Å². The summed E-state index contributed by atoms with van der Waals surface area (Å²) >= 11 is 11.6. The average Bonchev–Trinajstić information content (AvgIpc) is 2.39. The average molecular weight is 353 g/mol. The normalized spacial score (nSPS) is 19.6. The van der Waals surface area contributed by atoms with Crippen LogP contribution in [0.5, 0.6) is 0 Å². The van der Waals surface area contributed by atoms with Gasteiger partial charge in [0.2, 0.25) is 10.0 Å². The minimum absolute atomic E-state index is 0.0254. The predicted octanol–water partition coefficient (Wildman–Crippen LogP) is 0.937. The van der Waals surface area contributed by atoms with Crippen LogP contribution in [0.25, 0.3) is 0 Å². The van der Waals surface area contributed by atoms with Gasteiger partial charge in [-0.25, -0.2) is 13.1 Å². The SMILES string of the molecule is CS(=O)(=O)NC1CCCN(C(=O)c2cc(Cl)nnc2Cl)C1. The minimum Gasteiger partial charge on any atom is -0.337 e. The number of rotatable bonds is 3.